The Hall–Kier alpha value is -2.07. The first kappa shape index (κ1) is 15.3. The summed E-state index contributed by atoms with van der Waals surface area (Å²) in [7, 11) is 2.99. The van der Waals surface area contributed by atoms with Crippen LogP contribution in [-0.2, 0) is 0 Å². The number of methoxy groups -OCH3 is 2. The van der Waals surface area contributed by atoms with Gasteiger partial charge in [0.2, 0.25) is 0 Å². The van der Waals surface area contributed by atoms with Gasteiger partial charge in [0.05, 0.1) is 20.3 Å². The van der Waals surface area contributed by atoms with Crippen LogP contribution >= 0.6 is 0 Å². The molecule has 0 aliphatic rings. The second-order valence-electron chi connectivity index (χ2n) is 5.00. The molecule has 1 unspecified atom stereocenters. The minimum Gasteiger partial charge on any atom is -0.493 e. The van der Waals surface area contributed by atoms with Crippen molar-refractivity contribution >= 4 is 0 Å². The standard InChI is InChI=1S/C17H20FNO2/c1-10-6-5-7-12(11(10)2)17(19)13-8-15(20-3)16(21-4)9-14(13)18/h5-9,17H,19H2,1-4H3. The first-order chi connectivity index (χ1) is 9.99. The zero-order valence-electron chi connectivity index (χ0n) is 12.7. The first-order valence-electron chi connectivity index (χ1n) is 6.72. The van der Waals surface area contributed by atoms with Crippen molar-refractivity contribution in [3.63, 3.8) is 0 Å². The van der Waals surface area contributed by atoms with Gasteiger partial charge < -0.3 is 15.2 Å². The number of aryl methyl sites for hydroxylation is 1. The molecule has 0 heterocycles. The Kier molecular flexibility index (Phi) is 4.48. The van der Waals surface area contributed by atoms with E-state index in [9.17, 15) is 4.39 Å². The van der Waals surface area contributed by atoms with Crippen LogP contribution in [0.2, 0.25) is 0 Å². The zero-order chi connectivity index (χ0) is 15.6. The number of nitrogens with two attached hydrogens (primary N) is 1. The van der Waals surface area contributed by atoms with Gasteiger partial charge in [0, 0.05) is 11.6 Å². The summed E-state index contributed by atoms with van der Waals surface area (Å²) < 4.78 is 24.6. The fraction of sp³-hybridized carbons (Fsp3) is 0.294. The van der Waals surface area contributed by atoms with Crippen molar-refractivity contribution in [2.75, 3.05) is 14.2 Å². The normalized spacial score (nSPS) is 12.1. The molecule has 0 saturated carbocycles. The molecule has 0 aliphatic carbocycles. The fourth-order valence-electron chi connectivity index (χ4n) is 2.39. The van der Waals surface area contributed by atoms with Crippen molar-refractivity contribution in [3.05, 3.63) is 58.4 Å². The lowest BCUT2D eigenvalue weighted by Crippen LogP contribution is -2.15. The number of rotatable bonds is 4. The molecule has 2 aromatic carbocycles. The van der Waals surface area contributed by atoms with Crippen molar-refractivity contribution in [2.24, 2.45) is 5.73 Å². The maximum absolute atomic E-state index is 14.3. The lowest BCUT2D eigenvalue weighted by molar-refractivity contribution is 0.351. The van der Waals surface area contributed by atoms with Crippen molar-refractivity contribution in [1.82, 2.24) is 0 Å². The molecule has 0 radical (unpaired) electrons. The van der Waals surface area contributed by atoms with Gasteiger partial charge >= 0.3 is 0 Å². The molecule has 0 amide bonds. The van der Waals surface area contributed by atoms with E-state index in [4.69, 9.17) is 15.2 Å². The van der Waals surface area contributed by atoms with E-state index in [2.05, 4.69) is 0 Å². The Balaban J connectivity index is 2.53. The Morgan fingerprint density at radius 1 is 1.00 bits per heavy atom. The van der Waals surface area contributed by atoms with Gasteiger partial charge in [-0.25, -0.2) is 4.39 Å². The number of hydrogen-bond donors (Lipinski definition) is 1. The van der Waals surface area contributed by atoms with Crippen LogP contribution in [0.3, 0.4) is 0 Å². The highest BCUT2D eigenvalue weighted by molar-refractivity contribution is 5.48. The molecule has 2 aromatic rings. The quantitative estimate of drug-likeness (QED) is 0.936. The van der Waals surface area contributed by atoms with Crippen molar-refractivity contribution in [2.45, 2.75) is 19.9 Å². The Labute approximate surface area is 124 Å². The lowest BCUT2D eigenvalue weighted by atomic mass is 9.93. The maximum Gasteiger partial charge on any atom is 0.163 e. The molecule has 0 spiro atoms. The van der Waals surface area contributed by atoms with Crippen LogP contribution in [0.25, 0.3) is 0 Å². The molecular weight excluding hydrogens is 269 g/mol. The summed E-state index contributed by atoms with van der Waals surface area (Å²) in [5.41, 5.74) is 9.76. The molecule has 4 heteroatoms. The highest BCUT2D eigenvalue weighted by Crippen LogP contribution is 2.34. The van der Waals surface area contributed by atoms with E-state index in [1.165, 1.54) is 20.3 Å². The predicted octanol–water partition coefficient (Wildman–Crippen LogP) is 3.51. The second kappa shape index (κ2) is 6.14. The van der Waals surface area contributed by atoms with Crippen molar-refractivity contribution in [1.29, 1.82) is 0 Å². The van der Waals surface area contributed by atoms with Crippen LogP contribution < -0.4 is 15.2 Å². The molecule has 0 aromatic heterocycles. The Morgan fingerprint density at radius 3 is 2.24 bits per heavy atom. The molecule has 2 N–H and O–H groups in total. The van der Waals surface area contributed by atoms with Gasteiger partial charge in [0.15, 0.2) is 11.5 Å². The summed E-state index contributed by atoms with van der Waals surface area (Å²) in [6, 6.07) is 8.21. The molecule has 3 nitrogen and oxygen atoms in total. The van der Waals surface area contributed by atoms with Gasteiger partial charge in [-0.15, -0.1) is 0 Å². The summed E-state index contributed by atoms with van der Waals surface area (Å²) in [5.74, 6) is 0.419. The van der Waals surface area contributed by atoms with E-state index in [-0.39, 0.29) is 0 Å². The van der Waals surface area contributed by atoms with Gasteiger partial charge in [-0.2, -0.15) is 0 Å². The van der Waals surface area contributed by atoms with E-state index < -0.39 is 11.9 Å². The maximum atomic E-state index is 14.3. The molecule has 0 aliphatic heterocycles. The SMILES string of the molecule is COc1cc(F)c(C(N)c2cccc(C)c2C)cc1OC. The van der Waals surface area contributed by atoms with Gasteiger partial charge in [-0.3, -0.25) is 0 Å². The minimum absolute atomic E-state index is 0.354. The first-order valence-corrected chi connectivity index (χ1v) is 6.72. The molecule has 0 saturated heterocycles. The van der Waals surface area contributed by atoms with Crippen LogP contribution in [0.1, 0.15) is 28.3 Å². The average molecular weight is 289 g/mol. The summed E-state index contributed by atoms with van der Waals surface area (Å²) in [4.78, 5) is 0. The fourth-order valence-corrected chi connectivity index (χ4v) is 2.39. The lowest BCUT2D eigenvalue weighted by Gasteiger charge is -2.19. The third-order valence-corrected chi connectivity index (χ3v) is 3.82. The van der Waals surface area contributed by atoms with Gasteiger partial charge in [-0.1, -0.05) is 18.2 Å². The smallest absolute Gasteiger partial charge is 0.163 e. The van der Waals surface area contributed by atoms with Crippen molar-refractivity contribution in [3.8, 4) is 11.5 Å². The summed E-state index contributed by atoms with van der Waals surface area (Å²) in [5, 5.41) is 0. The van der Waals surface area contributed by atoms with E-state index in [1.54, 1.807) is 6.07 Å². The third kappa shape index (κ3) is 2.85. The van der Waals surface area contributed by atoms with E-state index >= 15 is 0 Å². The monoisotopic (exact) mass is 289 g/mol. The van der Waals surface area contributed by atoms with Crippen LogP contribution in [-0.4, -0.2) is 14.2 Å². The highest BCUT2D eigenvalue weighted by atomic mass is 19.1. The van der Waals surface area contributed by atoms with Gasteiger partial charge in [0.1, 0.15) is 5.82 Å². The summed E-state index contributed by atoms with van der Waals surface area (Å²) in [6.45, 7) is 4.00. The zero-order valence-corrected chi connectivity index (χ0v) is 12.7. The third-order valence-electron chi connectivity index (χ3n) is 3.82. The average Bonchev–Trinajstić information content (AvgIpc) is 2.49. The molecule has 2 rings (SSSR count). The molecule has 0 fully saturated rings. The highest BCUT2D eigenvalue weighted by Gasteiger charge is 2.19. The van der Waals surface area contributed by atoms with E-state index in [0.29, 0.717) is 17.1 Å². The number of ether oxygens (including phenoxy) is 2. The molecular formula is C17H20FNO2. The molecule has 21 heavy (non-hydrogen) atoms. The van der Waals surface area contributed by atoms with Crippen LogP contribution in [0, 0.1) is 19.7 Å². The second-order valence-corrected chi connectivity index (χ2v) is 5.00. The van der Waals surface area contributed by atoms with Crippen molar-refractivity contribution < 1.29 is 13.9 Å². The Morgan fingerprint density at radius 2 is 1.62 bits per heavy atom. The minimum atomic E-state index is -0.551. The van der Waals surface area contributed by atoms with Gasteiger partial charge in [0.25, 0.3) is 0 Å². The van der Waals surface area contributed by atoms with Crippen LogP contribution in [0.5, 0.6) is 11.5 Å². The predicted molar refractivity (Wildman–Crippen MR) is 81.5 cm³/mol. The number of hydrogen-bond acceptors (Lipinski definition) is 3. The van der Waals surface area contributed by atoms with E-state index in [0.717, 1.165) is 16.7 Å². The van der Waals surface area contributed by atoms with E-state index in [1.807, 2.05) is 32.0 Å². The largest absolute Gasteiger partial charge is 0.493 e. The molecule has 1 atom stereocenters. The van der Waals surface area contributed by atoms with Crippen LogP contribution in [0.4, 0.5) is 4.39 Å². The van der Waals surface area contributed by atoms with Gasteiger partial charge in [-0.05, 0) is 36.6 Å². The number of halogens is 1. The summed E-state index contributed by atoms with van der Waals surface area (Å²) >= 11 is 0. The topological polar surface area (TPSA) is 44.5 Å². The molecule has 112 valence electrons. The van der Waals surface area contributed by atoms with Crippen LogP contribution in [0.15, 0.2) is 30.3 Å². The number of benzene rings is 2. The Bertz CT molecular complexity index is 655. The summed E-state index contributed by atoms with van der Waals surface area (Å²) in [6.07, 6.45) is 0. The molecule has 0 bridgehead atoms.